The molecule has 9 heteroatoms. The Labute approximate surface area is 161 Å². The van der Waals surface area contributed by atoms with Crippen LogP contribution in [-0.2, 0) is 9.59 Å². The lowest BCUT2D eigenvalue weighted by molar-refractivity contribution is -0.136. The lowest BCUT2D eigenvalue weighted by Gasteiger charge is -2.27. The van der Waals surface area contributed by atoms with Gasteiger partial charge in [0.25, 0.3) is 11.8 Å². The van der Waals surface area contributed by atoms with Gasteiger partial charge in [-0.1, -0.05) is 0 Å². The normalized spacial score (nSPS) is 27.2. The molecule has 0 saturated carbocycles. The largest absolute Gasteiger partial charge is 0.388 e. The molecule has 3 aliphatic heterocycles. The SMILES string of the molecule is O=C1CCC(N2C(=O)c3ccc(NCCC4(O)CCNC4)cc3C2=O)C(=O)N1. The molecule has 0 bridgehead atoms. The van der Waals surface area contributed by atoms with Crippen LogP contribution in [0, 0.1) is 0 Å². The molecule has 4 rings (SSSR count). The van der Waals surface area contributed by atoms with E-state index in [1.54, 1.807) is 18.2 Å². The topological polar surface area (TPSA) is 128 Å². The number of rotatable bonds is 5. The molecule has 148 valence electrons. The minimum atomic E-state index is -0.967. The molecule has 1 aromatic carbocycles. The molecule has 9 nitrogen and oxygen atoms in total. The Bertz CT molecular complexity index is 862. The number of imide groups is 2. The van der Waals surface area contributed by atoms with Crippen LogP contribution in [0.5, 0.6) is 0 Å². The zero-order valence-electron chi connectivity index (χ0n) is 15.3. The summed E-state index contributed by atoms with van der Waals surface area (Å²) in [7, 11) is 0. The van der Waals surface area contributed by atoms with Gasteiger partial charge >= 0.3 is 0 Å². The molecule has 0 aromatic heterocycles. The van der Waals surface area contributed by atoms with Crippen LogP contribution in [0.25, 0.3) is 0 Å². The van der Waals surface area contributed by atoms with Crippen molar-refractivity contribution in [3.8, 4) is 0 Å². The van der Waals surface area contributed by atoms with Crippen molar-refractivity contribution in [2.45, 2.75) is 37.3 Å². The van der Waals surface area contributed by atoms with Gasteiger partial charge in [0.15, 0.2) is 0 Å². The van der Waals surface area contributed by atoms with Crippen molar-refractivity contribution in [1.29, 1.82) is 0 Å². The first kappa shape index (κ1) is 18.6. The summed E-state index contributed by atoms with van der Waals surface area (Å²) in [5.41, 5.74) is 0.428. The van der Waals surface area contributed by atoms with Gasteiger partial charge in [-0.15, -0.1) is 0 Å². The van der Waals surface area contributed by atoms with E-state index in [9.17, 15) is 24.3 Å². The fraction of sp³-hybridized carbons (Fsp3) is 0.474. The number of benzene rings is 1. The monoisotopic (exact) mass is 386 g/mol. The van der Waals surface area contributed by atoms with Crippen LogP contribution < -0.4 is 16.0 Å². The summed E-state index contributed by atoms with van der Waals surface area (Å²) in [5.74, 6) is -2.07. The van der Waals surface area contributed by atoms with E-state index >= 15 is 0 Å². The third-order valence-electron chi connectivity index (χ3n) is 5.58. The quantitative estimate of drug-likeness (QED) is 0.508. The summed E-state index contributed by atoms with van der Waals surface area (Å²) < 4.78 is 0. The molecular formula is C19H22N4O5. The fourth-order valence-corrected chi connectivity index (χ4v) is 3.96. The number of anilines is 1. The number of amides is 4. The van der Waals surface area contributed by atoms with Crippen LogP contribution in [-0.4, -0.2) is 64.9 Å². The average molecular weight is 386 g/mol. The van der Waals surface area contributed by atoms with E-state index in [1.807, 2.05) is 0 Å². The minimum Gasteiger partial charge on any atom is -0.388 e. The molecule has 2 fully saturated rings. The fourth-order valence-electron chi connectivity index (χ4n) is 3.96. The number of hydrogen-bond donors (Lipinski definition) is 4. The van der Waals surface area contributed by atoms with Gasteiger partial charge in [-0.2, -0.15) is 0 Å². The van der Waals surface area contributed by atoms with Gasteiger partial charge in [0, 0.05) is 25.2 Å². The van der Waals surface area contributed by atoms with Crippen molar-refractivity contribution in [1.82, 2.24) is 15.5 Å². The molecule has 0 aliphatic carbocycles. The first-order valence-corrected chi connectivity index (χ1v) is 9.41. The van der Waals surface area contributed by atoms with Crippen molar-refractivity contribution in [3.63, 3.8) is 0 Å². The predicted molar refractivity (Wildman–Crippen MR) is 98.7 cm³/mol. The maximum absolute atomic E-state index is 12.8. The standard InChI is InChI=1S/C19H22N4O5/c24-15-4-3-14(16(25)22-15)23-17(26)12-2-1-11(9-13(12)18(23)27)21-8-6-19(28)5-7-20-10-19/h1-2,9,14,20-21,28H,3-8,10H2,(H,22,24,25). The maximum Gasteiger partial charge on any atom is 0.262 e. The average Bonchev–Trinajstić information content (AvgIpc) is 3.19. The van der Waals surface area contributed by atoms with E-state index in [1.165, 1.54) is 0 Å². The Kier molecular flexibility index (Phi) is 4.64. The van der Waals surface area contributed by atoms with Crippen LogP contribution in [0.15, 0.2) is 18.2 Å². The van der Waals surface area contributed by atoms with Gasteiger partial charge in [-0.25, -0.2) is 0 Å². The highest BCUT2D eigenvalue weighted by atomic mass is 16.3. The number of piperidine rings is 1. The smallest absolute Gasteiger partial charge is 0.262 e. The number of β-amino-alcohol motifs (C(OH)–C–C–N with tert-alkyl or cyclic N) is 1. The second-order valence-corrected chi connectivity index (χ2v) is 7.54. The first-order valence-electron chi connectivity index (χ1n) is 9.41. The second-order valence-electron chi connectivity index (χ2n) is 7.54. The summed E-state index contributed by atoms with van der Waals surface area (Å²) in [6, 6.07) is 3.90. The highest BCUT2D eigenvalue weighted by Crippen LogP contribution is 2.29. The molecule has 28 heavy (non-hydrogen) atoms. The van der Waals surface area contributed by atoms with Crippen LogP contribution in [0.3, 0.4) is 0 Å². The third kappa shape index (κ3) is 3.27. The second kappa shape index (κ2) is 6.99. The number of carbonyl (C=O) groups excluding carboxylic acids is 4. The molecule has 2 unspecified atom stereocenters. The van der Waals surface area contributed by atoms with Crippen LogP contribution in [0.1, 0.15) is 46.4 Å². The van der Waals surface area contributed by atoms with Crippen molar-refractivity contribution in [3.05, 3.63) is 29.3 Å². The molecule has 4 N–H and O–H groups in total. The summed E-state index contributed by atoms with van der Waals surface area (Å²) in [5, 5.41) is 18.8. The van der Waals surface area contributed by atoms with E-state index in [2.05, 4.69) is 16.0 Å². The van der Waals surface area contributed by atoms with Crippen molar-refractivity contribution >= 4 is 29.3 Å². The van der Waals surface area contributed by atoms with E-state index in [0.29, 0.717) is 31.6 Å². The Morgan fingerprint density at radius 1 is 1.18 bits per heavy atom. The third-order valence-corrected chi connectivity index (χ3v) is 5.58. The molecule has 3 heterocycles. The summed E-state index contributed by atoms with van der Waals surface area (Å²) in [6.07, 6.45) is 1.49. The number of fused-ring (bicyclic) bond motifs is 1. The van der Waals surface area contributed by atoms with Gasteiger partial charge < -0.3 is 15.7 Å². The maximum atomic E-state index is 12.8. The van der Waals surface area contributed by atoms with Gasteiger partial charge in [-0.05, 0) is 44.0 Å². The molecule has 2 saturated heterocycles. The van der Waals surface area contributed by atoms with Crippen molar-refractivity contribution in [2.75, 3.05) is 25.0 Å². The molecule has 3 aliphatic rings. The summed E-state index contributed by atoms with van der Waals surface area (Å²) in [4.78, 5) is 49.8. The minimum absolute atomic E-state index is 0.0917. The van der Waals surface area contributed by atoms with Crippen molar-refractivity contribution in [2.24, 2.45) is 0 Å². The summed E-state index contributed by atoms with van der Waals surface area (Å²) >= 11 is 0. The van der Waals surface area contributed by atoms with Crippen LogP contribution in [0.4, 0.5) is 5.69 Å². The number of nitrogens with one attached hydrogen (secondary N) is 3. The molecule has 0 radical (unpaired) electrons. The van der Waals surface area contributed by atoms with E-state index in [-0.39, 0.29) is 24.0 Å². The van der Waals surface area contributed by atoms with Gasteiger partial charge in [0.1, 0.15) is 6.04 Å². The van der Waals surface area contributed by atoms with Crippen LogP contribution in [0.2, 0.25) is 0 Å². The van der Waals surface area contributed by atoms with Crippen molar-refractivity contribution < 1.29 is 24.3 Å². The van der Waals surface area contributed by atoms with E-state index in [4.69, 9.17) is 0 Å². The van der Waals surface area contributed by atoms with Crippen LogP contribution >= 0.6 is 0 Å². The zero-order chi connectivity index (χ0) is 19.9. The van der Waals surface area contributed by atoms with Gasteiger partial charge in [0.05, 0.1) is 16.7 Å². The van der Waals surface area contributed by atoms with E-state index < -0.39 is 35.3 Å². The molecule has 4 amide bonds. The number of aliphatic hydroxyl groups is 1. The predicted octanol–water partition coefficient (Wildman–Crippen LogP) is -0.386. The van der Waals surface area contributed by atoms with E-state index in [0.717, 1.165) is 11.4 Å². The molecule has 2 atom stereocenters. The first-order chi connectivity index (χ1) is 13.4. The highest BCUT2D eigenvalue weighted by Gasteiger charge is 2.44. The number of nitrogens with zero attached hydrogens (tertiary/aromatic N) is 1. The Balaban J connectivity index is 1.46. The highest BCUT2D eigenvalue weighted by molar-refractivity contribution is 6.23. The number of carbonyl (C=O) groups is 4. The zero-order valence-corrected chi connectivity index (χ0v) is 15.3. The Morgan fingerprint density at radius 3 is 2.68 bits per heavy atom. The molecular weight excluding hydrogens is 364 g/mol. The lowest BCUT2D eigenvalue weighted by Crippen LogP contribution is -2.54. The molecule has 0 spiro atoms. The lowest BCUT2D eigenvalue weighted by atomic mass is 9.99. The summed E-state index contributed by atoms with van der Waals surface area (Å²) in [6.45, 7) is 1.88. The van der Waals surface area contributed by atoms with Gasteiger partial charge in [-0.3, -0.25) is 29.4 Å². The number of hydrogen-bond acceptors (Lipinski definition) is 7. The Hall–Kier alpha value is -2.78. The Morgan fingerprint density at radius 2 is 1.96 bits per heavy atom. The molecule has 1 aromatic rings. The van der Waals surface area contributed by atoms with Gasteiger partial charge in [0.2, 0.25) is 11.8 Å².